The van der Waals surface area contributed by atoms with Crippen molar-refractivity contribution in [3.05, 3.63) is 88.6 Å². The van der Waals surface area contributed by atoms with Crippen molar-refractivity contribution in [2.75, 3.05) is 13.2 Å². The Morgan fingerprint density at radius 1 is 1.04 bits per heavy atom. The molecule has 1 amide bonds. The van der Waals surface area contributed by atoms with Gasteiger partial charge >= 0.3 is 0 Å². The number of nitrogens with zero attached hydrogens (tertiary/aromatic N) is 1. The highest BCUT2D eigenvalue weighted by Gasteiger charge is 2.34. The predicted molar refractivity (Wildman–Crippen MR) is 102 cm³/mol. The largest absolute Gasteiger partial charge is 0.491 e. The number of ether oxygens (including phenoxy) is 2. The first kappa shape index (κ1) is 17.7. The molecule has 138 valence electrons. The Bertz CT molecular complexity index is 854. The van der Waals surface area contributed by atoms with Crippen LogP contribution in [0.4, 0.5) is 0 Å². The highest BCUT2D eigenvalue weighted by molar-refractivity contribution is 7.10. The molecule has 0 radical (unpaired) electrons. The number of para-hydroxylation sites is 1. The van der Waals surface area contributed by atoms with Gasteiger partial charge < -0.3 is 9.47 Å². The fraction of sp³-hybridized carbons (Fsp3) is 0.190. The number of benzene rings is 2. The van der Waals surface area contributed by atoms with Gasteiger partial charge in [-0.15, -0.1) is 11.3 Å². The zero-order valence-electron chi connectivity index (χ0n) is 14.6. The Morgan fingerprint density at radius 2 is 1.78 bits per heavy atom. The summed E-state index contributed by atoms with van der Waals surface area (Å²) in [6.45, 7) is 0.621. The fourth-order valence-corrected chi connectivity index (χ4v) is 3.47. The lowest BCUT2D eigenvalue weighted by Gasteiger charge is -2.36. The zero-order chi connectivity index (χ0) is 18.5. The summed E-state index contributed by atoms with van der Waals surface area (Å²) in [7, 11) is 0. The van der Waals surface area contributed by atoms with Gasteiger partial charge in [0.1, 0.15) is 18.5 Å². The van der Waals surface area contributed by atoms with Crippen molar-refractivity contribution >= 4 is 17.2 Å². The summed E-state index contributed by atoms with van der Waals surface area (Å²) in [5.41, 5.74) is 0.576. The number of carbonyl (C=O) groups is 1. The molecule has 2 aromatic carbocycles. The van der Waals surface area contributed by atoms with Crippen LogP contribution in [0.5, 0.6) is 5.75 Å². The predicted octanol–water partition coefficient (Wildman–Crippen LogP) is 4.30. The van der Waals surface area contributed by atoms with E-state index < -0.39 is 6.29 Å². The first-order valence-corrected chi connectivity index (χ1v) is 9.58. The molecule has 0 saturated carbocycles. The maximum absolute atomic E-state index is 12.8. The fourth-order valence-electron chi connectivity index (χ4n) is 2.78. The van der Waals surface area contributed by atoms with Crippen molar-refractivity contribution in [3.8, 4) is 5.75 Å². The van der Waals surface area contributed by atoms with Crippen molar-refractivity contribution in [1.82, 2.24) is 5.06 Å². The van der Waals surface area contributed by atoms with Crippen LogP contribution in [0, 0.1) is 0 Å². The van der Waals surface area contributed by atoms with E-state index in [-0.39, 0.29) is 12.0 Å². The van der Waals surface area contributed by atoms with Crippen LogP contribution in [0.2, 0.25) is 0 Å². The van der Waals surface area contributed by atoms with Crippen LogP contribution in [0.1, 0.15) is 21.5 Å². The van der Waals surface area contributed by atoms with Crippen molar-refractivity contribution in [1.29, 1.82) is 0 Å². The maximum atomic E-state index is 12.8. The summed E-state index contributed by atoms with van der Waals surface area (Å²) in [5, 5.41) is 3.33. The summed E-state index contributed by atoms with van der Waals surface area (Å²) in [4.78, 5) is 19.6. The molecule has 1 saturated heterocycles. The van der Waals surface area contributed by atoms with Gasteiger partial charge in [0.2, 0.25) is 6.29 Å². The summed E-state index contributed by atoms with van der Waals surface area (Å²) < 4.78 is 11.9. The molecular formula is C21H19NO4S. The minimum atomic E-state index is -0.629. The van der Waals surface area contributed by atoms with Gasteiger partial charge in [0, 0.05) is 5.56 Å². The number of hydrogen-bond donors (Lipinski definition) is 0. The molecule has 0 unspecified atom stereocenters. The lowest BCUT2D eigenvalue weighted by atomic mass is 10.2. The molecule has 2 heterocycles. The first-order valence-electron chi connectivity index (χ1n) is 8.70. The minimum absolute atomic E-state index is 0.190. The molecule has 2 atom stereocenters. The molecule has 0 aliphatic carbocycles. The van der Waals surface area contributed by atoms with Gasteiger partial charge in [0.05, 0.1) is 11.4 Å². The average molecular weight is 381 g/mol. The number of carbonyl (C=O) groups excluding carboxylic acids is 1. The van der Waals surface area contributed by atoms with Gasteiger partial charge in [-0.3, -0.25) is 4.79 Å². The van der Waals surface area contributed by atoms with E-state index in [0.29, 0.717) is 18.7 Å². The third-order valence-electron chi connectivity index (χ3n) is 4.11. The molecule has 0 bridgehead atoms. The second kappa shape index (κ2) is 8.35. The smallest absolute Gasteiger partial charge is 0.277 e. The zero-order valence-corrected chi connectivity index (χ0v) is 15.4. The number of thiophene rings is 1. The van der Waals surface area contributed by atoms with E-state index in [9.17, 15) is 4.79 Å². The number of hydrogen-bond acceptors (Lipinski definition) is 5. The molecule has 4 rings (SSSR count). The third kappa shape index (κ3) is 4.36. The Morgan fingerprint density at radius 3 is 2.48 bits per heavy atom. The topological polar surface area (TPSA) is 48.0 Å². The van der Waals surface area contributed by atoms with E-state index in [0.717, 1.165) is 10.6 Å². The Hall–Kier alpha value is -2.67. The van der Waals surface area contributed by atoms with Crippen molar-refractivity contribution in [2.45, 2.75) is 12.4 Å². The van der Waals surface area contributed by atoms with Crippen LogP contribution in [-0.4, -0.2) is 30.2 Å². The van der Waals surface area contributed by atoms with E-state index in [1.165, 1.54) is 16.4 Å². The molecule has 0 N–H and O–H groups in total. The molecule has 3 aromatic rings. The molecule has 1 aliphatic heterocycles. The summed E-state index contributed by atoms with van der Waals surface area (Å²) >= 11 is 1.53. The molecule has 27 heavy (non-hydrogen) atoms. The molecule has 1 aliphatic rings. The number of hydroxylamine groups is 2. The van der Waals surface area contributed by atoms with Crippen LogP contribution in [0.25, 0.3) is 0 Å². The second-order valence-electron chi connectivity index (χ2n) is 6.07. The average Bonchev–Trinajstić information content (AvgIpc) is 3.28. The third-order valence-corrected chi connectivity index (χ3v) is 5.00. The van der Waals surface area contributed by atoms with Gasteiger partial charge in [0.25, 0.3) is 5.91 Å². The molecule has 1 aromatic heterocycles. The Kier molecular flexibility index (Phi) is 5.48. The monoisotopic (exact) mass is 381 g/mol. The van der Waals surface area contributed by atoms with Gasteiger partial charge in [-0.05, 0) is 35.7 Å². The standard InChI is InChI=1S/C21H19NO4S/c23-20(16-8-3-1-4-9-16)22-14-18(15-24-17-10-5-2-6-11-17)25-21(26-22)19-12-7-13-27-19/h1-13,18,21H,14-15H2/t18-,21+/m0/s1. The molecule has 5 nitrogen and oxygen atoms in total. The molecule has 6 heteroatoms. The van der Waals surface area contributed by atoms with Crippen LogP contribution in [-0.2, 0) is 9.57 Å². The SMILES string of the molecule is O=C(c1ccccc1)N1C[C@@H](COc2ccccc2)O[C@@H](c2cccs2)O1. The number of rotatable bonds is 5. The van der Waals surface area contributed by atoms with Crippen molar-refractivity contribution in [2.24, 2.45) is 0 Å². The maximum Gasteiger partial charge on any atom is 0.277 e. The summed E-state index contributed by atoms with van der Waals surface area (Å²) in [5.74, 6) is 0.575. The van der Waals surface area contributed by atoms with Gasteiger partial charge in [-0.2, -0.15) is 0 Å². The van der Waals surface area contributed by atoms with Crippen LogP contribution in [0.15, 0.2) is 78.2 Å². The summed E-state index contributed by atoms with van der Waals surface area (Å²) in [6, 6.07) is 22.5. The van der Waals surface area contributed by atoms with Crippen LogP contribution < -0.4 is 4.74 Å². The first-order chi connectivity index (χ1) is 13.3. The van der Waals surface area contributed by atoms with Gasteiger partial charge in [0.15, 0.2) is 0 Å². The van der Waals surface area contributed by atoms with E-state index >= 15 is 0 Å². The van der Waals surface area contributed by atoms with Crippen molar-refractivity contribution in [3.63, 3.8) is 0 Å². The second-order valence-corrected chi connectivity index (χ2v) is 7.05. The molecule has 1 fully saturated rings. The Labute approximate surface area is 161 Å². The lowest BCUT2D eigenvalue weighted by molar-refractivity contribution is -0.324. The normalized spacial score (nSPS) is 19.6. The van der Waals surface area contributed by atoms with Crippen LogP contribution >= 0.6 is 11.3 Å². The summed E-state index contributed by atoms with van der Waals surface area (Å²) in [6.07, 6.45) is -0.936. The quantitative estimate of drug-likeness (QED) is 0.661. The van der Waals surface area contributed by atoms with E-state index in [1.54, 1.807) is 12.1 Å². The lowest BCUT2D eigenvalue weighted by Crippen LogP contribution is -2.47. The minimum Gasteiger partial charge on any atom is -0.491 e. The van der Waals surface area contributed by atoms with Crippen LogP contribution in [0.3, 0.4) is 0 Å². The number of amides is 1. The highest BCUT2D eigenvalue weighted by Crippen LogP contribution is 2.30. The van der Waals surface area contributed by atoms with Crippen molar-refractivity contribution < 1.29 is 19.1 Å². The van der Waals surface area contributed by atoms with E-state index in [4.69, 9.17) is 14.3 Å². The van der Waals surface area contributed by atoms with Gasteiger partial charge in [-0.1, -0.05) is 42.5 Å². The van der Waals surface area contributed by atoms with Gasteiger partial charge in [-0.25, -0.2) is 9.90 Å². The highest BCUT2D eigenvalue weighted by atomic mass is 32.1. The molecule has 0 spiro atoms. The van der Waals surface area contributed by atoms with E-state index in [2.05, 4.69) is 0 Å². The van der Waals surface area contributed by atoms with E-state index in [1.807, 2.05) is 66.0 Å². The Balaban J connectivity index is 1.50. The molecular weight excluding hydrogens is 362 g/mol.